The SMILES string of the molecule is CCCCCCCCCCCC(CCCC)CC(=O)O. The maximum absolute atomic E-state index is 10.8. The molecule has 2 heteroatoms. The second-order valence-electron chi connectivity index (χ2n) is 6.22. The molecule has 20 heavy (non-hydrogen) atoms. The molecule has 0 aliphatic rings. The monoisotopic (exact) mass is 284 g/mol. The van der Waals surface area contributed by atoms with Gasteiger partial charge in [0.05, 0.1) is 0 Å². The van der Waals surface area contributed by atoms with Crippen molar-refractivity contribution in [2.24, 2.45) is 5.92 Å². The zero-order chi connectivity index (χ0) is 15.1. The topological polar surface area (TPSA) is 37.3 Å². The van der Waals surface area contributed by atoms with Crippen molar-refractivity contribution in [1.82, 2.24) is 0 Å². The standard InChI is InChI=1S/C18H36O2/c1-3-5-7-8-9-10-11-12-13-15-17(14-6-4-2)16-18(19)20/h17H,3-16H2,1-2H3,(H,19,20). The Hall–Kier alpha value is -0.530. The lowest BCUT2D eigenvalue weighted by atomic mass is 9.92. The lowest BCUT2D eigenvalue weighted by Crippen LogP contribution is -2.08. The minimum atomic E-state index is -0.623. The highest BCUT2D eigenvalue weighted by molar-refractivity contribution is 5.66. The molecule has 0 bridgehead atoms. The van der Waals surface area contributed by atoms with Crippen LogP contribution in [0.3, 0.4) is 0 Å². The fraction of sp³-hybridized carbons (Fsp3) is 0.944. The van der Waals surface area contributed by atoms with Gasteiger partial charge in [0.2, 0.25) is 0 Å². The van der Waals surface area contributed by atoms with E-state index >= 15 is 0 Å². The van der Waals surface area contributed by atoms with Crippen molar-refractivity contribution in [2.75, 3.05) is 0 Å². The largest absolute Gasteiger partial charge is 0.481 e. The van der Waals surface area contributed by atoms with Gasteiger partial charge in [-0.3, -0.25) is 4.79 Å². The smallest absolute Gasteiger partial charge is 0.303 e. The summed E-state index contributed by atoms with van der Waals surface area (Å²) in [4.78, 5) is 10.8. The number of carboxylic acids is 1. The number of rotatable bonds is 15. The van der Waals surface area contributed by atoms with Gasteiger partial charge in [-0.05, 0) is 18.8 Å². The molecule has 2 nitrogen and oxygen atoms in total. The summed E-state index contributed by atoms with van der Waals surface area (Å²) in [6, 6.07) is 0. The molecule has 0 saturated heterocycles. The first-order chi connectivity index (χ1) is 9.70. The Balaban J connectivity index is 3.45. The van der Waals surface area contributed by atoms with E-state index in [-0.39, 0.29) is 0 Å². The Labute approximate surface area is 126 Å². The van der Waals surface area contributed by atoms with Gasteiger partial charge < -0.3 is 5.11 Å². The molecule has 0 aliphatic carbocycles. The van der Waals surface area contributed by atoms with Crippen LogP contribution in [0.25, 0.3) is 0 Å². The second-order valence-corrected chi connectivity index (χ2v) is 6.22. The van der Waals surface area contributed by atoms with E-state index in [9.17, 15) is 4.79 Å². The Bertz CT molecular complexity index is 213. The van der Waals surface area contributed by atoms with Gasteiger partial charge in [0.1, 0.15) is 0 Å². The van der Waals surface area contributed by atoms with Crippen LogP contribution in [-0.4, -0.2) is 11.1 Å². The van der Waals surface area contributed by atoms with Gasteiger partial charge in [0.15, 0.2) is 0 Å². The molecule has 0 spiro atoms. The predicted molar refractivity (Wildman–Crippen MR) is 87.1 cm³/mol. The zero-order valence-corrected chi connectivity index (χ0v) is 13.8. The van der Waals surface area contributed by atoms with Crippen LogP contribution in [0.1, 0.15) is 104 Å². The first kappa shape index (κ1) is 19.5. The van der Waals surface area contributed by atoms with Crippen LogP contribution in [0.15, 0.2) is 0 Å². The van der Waals surface area contributed by atoms with Gasteiger partial charge in [0.25, 0.3) is 0 Å². The fourth-order valence-corrected chi connectivity index (χ4v) is 2.83. The molecule has 0 saturated carbocycles. The summed E-state index contributed by atoms with van der Waals surface area (Å²) in [6.45, 7) is 4.43. The molecular formula is C18H36O2. The Kier molecular flexibility index (Phi) is 14.5. The minimum absolute atomic E-state index is 0.372. The maximum atomic E-state index is 10.8. The third-order valence-corrected chi connectivity index (χ3v) is 4.15. The van der Waals surface area contributed by atoms with Gasteiger partial charge in [-0.15, -0.1) is 0 Å². The molecule has 0 aromatic carbocycles. The van der Waals surface area contributed by atoms with Crippen LogP contribution < -0.4 is 0 Å². The molecule has 0 heterocycles. The first-order valence-electron chi connectivity index (χ1n) is 8.92. The normalized spacial score (nSPS) is 12.5. The molecule has 0 amide bonds. The quantitative estimate of drug-likeness (QED) is 0.364. The maximum Gasteiger partial charge on any atom is 0.303 e. The van der Waals surface area contributed by atoms with Gasteiger partial charge in [-0.1, -0.05) is 84.5 Å². The van der Waals surface area contributed by atoms with Crippen LogP contribution in [0.2, 0.25) is 0 Å². The average Bonchev–Trinajstić information content (AvgIpc) is 2.42. The second kappa shape index (κ2) is 14.9. The minimum Gasteiger partial charge on any atom is -0.481 e. The number of hydrogen-bond acceptors (Lipinski definition) is 1. The van der Waals surface area contributed by atoms with Gasteiger partial charge in [0, 0.05) is 6.42 Å². The summed E-state index contributed by atoms with van der Waals surface area (Å²) >= 11 is 0. The Morgan fingerprint density at radius 2 is 1.20 bits per heavy atom. The summed E-state index contributed by atoms with van der Waals surface area (Å²) in [7, 11) is 0. The third kappa shape index (κ3) is 13.9. The van der Waals surface area contributed by atoms with Gasteiger partial charge >= 0.3 is 5.97 Å². The number of aliphatic carboxylic acids is 1. The molecule has 0 radical (unpaired) electrons. The van der Waals surface area contributed by atoms with Crippen LogP contribution in [0.5, 0.6) is 0 Å². The molecule has 1 N–H and O–H groups in total. The molecule has 1 unspecified atom stereocenters. The average molecular weight is 284 g/mol. The molecule has 0 aliphatic heterocycles. The highest BCUT2D eigenvalue weighted by Gasteiger charge is 2.12. The van der Waals surface area contributed by atoms with Crippen molar-refractivity contribution < 1.29 is 9.90 Å². The molecular weight excluding hydrogens is 248 g/mol. The lowest BCUT2D eigenvalue weighted by Gasteiger charge is -2.14. The number of carbonyl (C=O) groups is 1. The summed E-state index contributed by atoms with van der Waals surface area (Å²) in [5, 5.41) is 8.93. The lowest BCUT2D eigenvalue weighted by molar-refractivity contribution is -0.138. The van der Waals surface area contributed by atoms with E-state index in [1.54, 1.807) is 0 Å². The van der Waals surface area contributed by atoms with Crippen molar-refractivity contribution in [3.63, 3.8) is 0 Å². The van der Waals surface area contributed by atoms with Gasteiger partial charge in [-0.2, -0.15) is 0 Å². The Morgan fingerprint density at radius 1 is 0.750 bits per heavy atom. The number of unbranched alkanes of at least 4 members (excludes halogenated alkanes) is 9. The van der Waals surface area contributed by atoms with Crippen LogP contribution >= 0.6 is 0 Å². The van der Waals surface area contributed by atoms with Crippen molar-refractivity contribution in [3.8, 4) is 0 Å². The predicted octanol–water partition coefficient (Wildman–Crippen LogP) is 6.19. The third-order valence-electron chi connectivity index (χ3n) is 4.15. The summed E-state index contributed by atoms with van der Waals surface area (Å²) in [5.41, 5.74) is 0. The molecule has 0 aromatic rings. The van der Waals surface area contributed by atoms with Crippen molar-refractivity contribution in [3.05, 3.63) is 0 Å². The summed E-state index contributed by atoms with van der Waals surface area (Å²) in [5.74, 6) is -0.209. The van der Waals surface area contributed by atoms with Crippen LogP contribution in [-0.2, 0) is 4.79 Å². The molecule has 120 valence electrons. The number of hydrogen-bond donors (Lipinski definition) is 1. The van der Waals surface area contributed by atoms with Crippen molar-refractivity contribution in [1.29, 1.82) is 0 Å². The molecule has 0 fully saturated rings. The van der Waals surface area contributed by atoms with E-state index in [2.05, 4.69) is 13.8 Å². The molecule has 1 atom stereocenters. The fourth-order valence-electron chi connectivity index (χ4n) is 2.83. The van der Waals surface area contributed by atoms with Crippen molar-refractivity contribution in [2.45, 2.75) is 104 Å². The number of carboxylic acid groups (broad SMARTS) is 1. The van der Waals surface area contributed by atoms with E-state index in [1.165, 1.54) is 70.6 Å². The van der Waals surface area contributed by atoms with E-state index < -0.39 is 5.97 Å². The summed E-state index contributed by atoms with van der Waals surface area (Å²) in [6.07, 6.45) is 17.0. The van der Waals surface area contributed by atoms with E-state index in [0.717, 1.165) is 12.8 Å². The molecule has 0 rings (SSSR count). The highest BCUT2D eigenvalue weighted by Crippen LogP contribution is 2.21. The first-order valence-corrected chi connectivity index (χ1v) is 8.92. The summed E-state index contributed by atoms with van der Waals surface area (Å²) < 4.78 is 0. The van der Waals surface area contributed by atoms with E-state index in [4.69, 9.17) is 5.11 Å². The molecule has 0 aromatic heterocycles. The van der Waals surface area contributed by atoms with Gasteiger partial charge in [-0.25, -0.2) is 0 Å². The van der Waals surface area contributed by atoms with E-state index in [1.807, 2.05) is 0 Å². The zero-order valence-electron chi connectivity index (χ0n) is 13.8. The van der Waals surface area contributed by atoms with Crippen LogP contribution in [0, 0.1) is 5.92 Å². The van der Waals surface area contributed by atoms with Crippen molar-refractivity contribution >= 4 is 5.97 Å². The Morgan fingerprint density at radius 3 is 1.70 bits per heavy atom. The van der Waals surface area contributed by atoms with E-state index in [0.29, 0.717) is 12.3 Å². The van der Waals surface area contributed by atoms with Crippen LogP contribution in [0.4, 0.5) is 0 Å². The highest BCUT2D eigenvalue weighted by atomic mass is 16.4.